The summed E-state index contributed by atoms with van der Waals surface area (Å²) in [6.07, 6.45) is 1.38. The highest BCUT2D eigenvalue weighted by Crippen LogP contribution is 2.26. The molecule has 0 spiro atoms. The maximum atomic E-state index is 12.5. The smallest absolute Gasteiger partial charge is 0.339 e. The Morgan fingerprint density at radius 1 is 1.05 bits per heavy atom. The number of aromatic hydroxyl groups is 1. The highest BCUT2D eigenvalue weighted by atomic mass is 32.2. The molecule has 4 nitrogen and oxygen atoms in total. The minimum atomic E-state index is -3.92. The van der Waals surface area contributed by atoms with E-state index in [1.165, 1.54) is 24.3 Å². The molecule has 21 heavy (non-hydrogen) atoms. The van der Waals surface area contributed by atoms with Gasteiger partial charge in [-0.15, -0.1) is 0 Å². The van der Waals surface area contributed by atoms with E-state index in [4.69, 9.17) is 4.18 Å². The van der Waals surface area contributed by atoms with Crippen LogP contribution in [0.3, 0.4) is 0 Å². The molecule has 0 saturated heterocycles. The van der Waals surface area contributed by atoms with Crippen molar-refractivity contribution in [3.05, 3.63) is 53.6 Å². The summed E-state index contributed by atoms with van der Waals surface area (Å²) in [5.41, 5.74) is 1.78. The van der Waals surface area contributed by atoms with Gasteiger partial charge in [-0.25, -0.2) is 0 Å². The van der Waals surface area contributed by atoms with Gasteiger partial charge in [0.25, 0.3) is 0 Å². The van der Waals surface area contributed by atoms with Crippen LogP contribution >= 0.6 is 0 Å². The van der Waals surface area contributed by atoms with Crippen molar-refractivity contribution in [2.75, 3.05) is 0 Å². The Labute approximate surface area is 125 Å². The lowest BCUT2D eigenvalue weighted by Gasteiger charge is -2.13. The standard InChI is InChI=1S/C16H18O4S/c1-3-12-7-5-10-16(15(12)4-2)21(18,19)20-14-9-6-8-13(17)11-14/h5-11,17H,3-4H2,1-2H3. The fourth-order valence-corrected chi connectivity index (χ4v) is 3.55. The number of hydrogen-bond acceptors (Lipinski definition) is 4. The summed E-state index contributed by atoms with van der Waals surface area (Å²) in [6.45, 7) is 3.91. The number of rotatable bonds is 5. The lowest BCUT2D eigenvalue weighted by atomic mass is 10.0. The van der Waals surface area contributed by atoms with Crippen molar-refractivity contribution in [1.82, 2.24) is 0 Å². The van der Waals surface area contributed by atoms with Gasteiger partial charge in [-0.1, -0.05) is 32.0 Å². The molecule has 112 valence electrons. The van der Waals surface area contributed by atoms with Crippen molar-refractivity contribution in [1.29, 1.82) is 0 Å². The fraction of sp³-hybridized carbons (Fsp3) is 0.250. The number of phenolic OH excluding ortho intramolecular Hbond substituents is 1. The van der Waals surface area contributed by atoms with Crippen molar-refractivity contribution in [3.8, 4) is 11.5 Å². The molecule has 0 heterocycles. The quantitative estimate of drug-likeness (QED) is 0.861. The average molecular weight is 306 g/mol. The Balaban J connectivity index is 2.45. The summed E-state index contributed by atoms with van der Waals surface area (Å²) in [4.78, 5) is 0.188. The highest BCUT2D eigenvalue weighted by molar-refractivity contribution is 7.87. The Morgan fingerprint density at radius 2 is 1.76 bits per heavy atom. The summed E-state index contributed by atoms with van der Waals surface area (Å²) in [5, 5.41) is 9.39. The van der Waals surface area contributed by atoms with Gasteiger partial charge in [-0.05, 0) is 42.2 Å². The summed E-state index contributed by atoms with van der Waals surface area (Å²) >= 11 is 0. The number of benzene rings is 2. The van der Waals surface area contributed by atoms with Crippen LogP contribution < -0.4 is 4.18 Å². The molecule has 0 fully saturated rings. The van der Waals surface area contributed by atoms with Crippen molar-refractivity contribution in [3.63, 3.8) is 0 Å². The Hall–Kier alpha value is -2.01. The lowest BCUT2D eigenvalue weighted by molar-refractivity contribution is 0.463. The molecule has 1 N–H and O–H groups in total. The molecule has 5 heteroatoms. The van der Waals surface area contributed by atoms with Gasteiger partial charge in [0.05, 0.1) is 0 Å². The van der Waals surface area contributed by atoms with Crippen molar-refractivity contribution < 1.29 is 17.7 Å². The van der Waals surface area contributed by atoms with E-state index in [0.717, 1.165) is 17.5 Å². The maximum absolute atomic E-state index is 12.5. The highest BCUT2D eigenvalue weighted by Gasteiger charge is 2.21. The first-order chi connectivity index (χ1) is 9.97. The van der Waals surface area contributed by atoms with Gasteiger partial charge in [-0.2, -0.15) is 8.42 Å². The second-order valence-electron chi connectivity index (χ2n) is 4.64. The number of phenols is 1. The molecule has 0 aliphatic carbocycles. The van der Waals surface area contributed by atoms with Gasteiger partial charge < -0.3 is 9.29 Å². The molecule has 0 unspecified atom stereocenters. The minimum Gasteiger partial charge on any atom is -0.508 e. The Kier molecular flexibility index (Phi) is 4.53. The molecule has 0 saturated carbocycles. The van der Waals surface area contributed by atoms with E-state index in [-0.39, 0.29) is 16.4 Å². The third-order valence-electron chi connectivity index (χ3n) is 3.26. The van der Waals surface area contributed by atoms with Gasteiger partial charge in [-0.3, -0.25) is 0 Å². The van der Waals surface area contributed by atoms with Gasteiger partial charge in [0, 0.05) is 6.07 Å². The third-order valence-corrected chi connectivity index (χ3v) is 4.59. The van der Waals surface area contributed by atoms with Crippen LogP contribution in [-0.2, 0) is 23.0 Å². The van der Waals surface area contributed by atoms with E-state index in [1.54, 1.807) is 12.1 Å². The second-order valence-corrected chi connectivity index (χ2v) is 6.15. The normalized spacial score (nSPS) is 11.3. The topological polar surface area (TPSA) is 63.6 Å². The van der Waals surface area contributed by atoms with Crippen molar-refractivity contribution in [2.45, 2.75) is 31.6 Å². The zero-order valence-electron chi connectivity index (χ0n) is 12.0. The third kappa shape index (κ3) is 3.36. The molecule has 0 aromatic heterocycles. The van der Waals surface area contributed by atoms with E-state index >= 15 is 0 Å². The average Bonchev–Trinajstić information content (AvgIpc) is 2.45. The first kappa shape index (κ1) is 15.4. The van der Waals surface area contributed by atoms with Crippen LogP contribution in [0.2, 0.25) is 0 Å². The molecule has 2 rings (SSSR count). The van der Waals surface area contributed by atoms with Crippen LogP contribution in [-0.4, -0.2) is 13.5 Å². The summed E-state index contributed by atoms with van der Waals surface area (Å²) < 4.78 is 30.0. The Morgan fingerprint density at radius 3 is 2.38 bits per heavy atom. The Bertz CT molecular complexity index is 736. The molecule has 0 atom stereocenters. The van der Waals surface area contributed by atoms with Gasteiger partial charge in [0.1, 0.15) is 16.4 Å². The van der Waals surface area contributed by atoms with E-state index in [2.05, 4.69) is 0 Å². The molecular formula is C16H18O4S. The lowest BCUT2D eigenvalue weighted by Crippen LogP contribution is -2.13. The fourth-order valence-electron chi connectivity index (χ4n) is 2.28. The molecule has 0 radical (unpaired) electrons. The van der Waals surface area contributed by atoms with Crippen LogP contribution in [0.15, 0.2) is 47.4 Å². The molecule has 0 bridgehead atoms. The van der Waals surface area contributed by atoms with Crippen molar-refractivity contribution in [2.24, 2.45) is 0 Å². The van der Waals surface area contributed by atoms with E-state index in [0.29, 0.717) is 6.42 Å². The largest absolute Gasteiger partial charge is 0.508 e. The van der Waals surface area contributed by atoms with Crippen LogP contribution in [0.1, 0.15) is 25.0 Å². The molecule has 0 aliphatic rings. The maximum Gasteiger partial charge on any atom is 0.339 e. The van der Waals surface area contributed by atoms with E-state index < -0.39 is 10.1 Å². The van der Waals surface area contributed by atoms with Crippen molar-refractivity contribution >= 4 is 10.1 Å². The molecule has 0 amide bonds. The second kappa shape index (κ2) is 6.18. The van der Waals surface area contributed by atoms with Crippen LogP contribution in [0.4, 0.5) is 0 Å². The summed E-state index contributed by atoms with van der Waals surface area (Å²) in [5.74, 6) is 0.0553. The van der Waals surface area contributed by atoms with Crippen LogP contribution in [0.5, 0.6) is 11.5 Å². The summed E-state index contributed by atoms with van der Waals surface area (Å²) in [7, 11) is -3.92. The number of aryl methyl sites for hydroxylation is 1. The SMILES string of the molecule is CCc1cccc(S(=O)(=O)Oc2cccc(O)c2)c1CC. The monoisotopic (exact) mass is 306 g/mol. The number of hydrogen-bond donors (Lipinski definition) is 1. The van der Waals surface area contributed by atoms with Crippen LogP contribution in [0, 0.1) is 0 Å². The summed E-state index contributed by atoms with van der Waals surface area (Å²) in [6, 6.07) is 10.9. The molecule has 0 aliphatic heterocycles. The predicted molar refractivity (Wildman–Crippen MR) is 81.1 cm³/mol. The first-order valence-corrected chi connectivity index (χ1v) is 8.23. The van der Waals surface area contributed by atoms with E-state index in [1.807, 2.05) is 19.9 Å². The van der Waals surface area contributed by atoms with E-state index in [9.17, 15) is 13.5 Å². The molecule has 2 aromatic carbocycles. The predicted octanol–water partition coefficient (Wildman–Crippen LogP) is 3.28. The zero-order chi connectivity index (χ0) is 15.5. The molecular weight excluding hydrogens is 288 g/mol. The van der Waals surface area contributed by atoms with Crippen LogP contribution in [0.25, 0.3) is 0 Å². The van der Waals surface area contributed by atoms with Gasteiger partial charge in [0.15, 0.2) is 0 Å². The van der Waals surface area contributed by atoms with Gasteiger partial charge in [0.2, 0.25) is 0 Å². The van der Waals surface area contributed by atoms with Gasteiger partial charge >= 0.3 is 10.1 Å². The first-order valence-electron chi connectivity index (χ1n) is 6.82. The zero-order valence-corrected chi connectivity index (χ0v) is 12.9. The minimum absolute atomic E-state index is 0.0410. The molecule has 2 aromatic rings.